The van der Waals surface area contributed by atoms with Gasteiger partial charge in [0, 0.05) is 29.2 Å². The van der Waals surface area contributed by atoms with Crippen LogP contribution in [-0.2, 0) is 6.42 Å². The lowest BCUT2D eigenvalue weighted by atomic mass is 10.1. The van der Waals surface area contributed by atoms with Crippen LogP contribution in [0.3, 0.4) is 0 Å². The Bertz CT molecular complexity index is 1630. The summed E-state index contributed by atoms with van der Waals surface area (Å²) < 4.78 is 7.24. The van der Waals surface area contributed by atoms with Crippen LogP contribution in [0.2, 0.25) is 0 Å². The highest BCUT2D eigenvalue weighted by atomic mass is 32.1. The quantitative estimate of drug-likeness (QED) is 0.276. The van der Waals surface area contributed by atoms with Crippen LogP contribution >= 0.6 is 11.3 Å². The summed E-state index contributed by atoms with van der Waals surface area (Å²) in [4.78, 5) is 18.7. The van der Waals surface area contributed by atoms with Gasteiger partial charge in [-0.25, -0.2) is 4.98 Å². The van der Waals surface area contributed by atoms with E-state index in [0.29, 0.717) is 18.3 Å². The molecule has 36 heavy (non-hydrogen) atoms. The van der Waals surface area contributed by atoms with E-state index in [1.807, 2.05) is 58.5 Å². The number of nitrogens with zero attached hydrogens (tertiary/aromatic N) is 5. The Kier molecular flexibility index (Phi) is 5.88. The minimum absolute atomic E-state index is 0.495. The highest BCUT2D eigenvalue weighted by Gasteiger charge is 2.15. The molecule has 0 aliphatic rings. The van der Waals surface area contributed by atoms with Crippen LogP contribution in [0.25, 0.3) is 27.8 Å². The first-order chi connectivity index (χ1) is 17.8. The number of imidazole rings is 1. The maximum absolute atomic E-state index is 5.26. The Morgan fingerprint density at radius 1 is 1.00 bits per heavy atom. The fourth-order valence-corrected chi connectivity index (χ4v) is 4.69. The fraction of sp³-hybridized carbons (Fsp3) is 0.111. The van der Waals surface area contributed by atoms with Crippen molar-refractivity contribution in [2.75, 3.05) is 24.3 Å². The molecule has 0 fully saturated rings. The molecular weight excluding hydrogens is 470 g/mol. The van der Waals surface area contributed by atoms with Crippen molar-refractivity contribution in [1.82, 2.24) is 24.5 Å². The Morgan fingerprint density at radius 2 is 1.92 bits per heavy atom. The number of benzene rings is 2. The van der Waals surface area contributed by atoms with Crippen molar-refractivity contribution in [2.24, 2.45) is 0 Å². The van der Waals surface area contributed by atoms with Crippen molar-refractivity contribution in [3.8, 4) is 11.4 Å². The predicted molar refractivity (Wildman–Crippen MR) is 145 cm³/mol. The first kappa shape index (κ1) is 22.0. The molecule has 2 N–H and O–H groups in total. The molecular formula is C27H23N7OS. The molecule has 0 unspecified atom stereocenters. The zero-order chi connectivity index (χ0) is 24.3. The van der Waals surface area contributed by atoms with Gasteiger partial charge in [-0.15, -0.1) is 0 Å². The van der Waals surface area contributed by atoms with Crippen molar-refractivity contribution < 1.29 is 4.74 Å². The molecule has 9 heteroatoms. The van der Waals surface area contributed by atoms with Gasteiger partial charge in [0.15, 0.2) is 17.0 Å². The van der Waals surface area contributed by atoms with Crippen LogP contribution < -0.4 is 15.4 Å². The van der Waals surface area contributed by atoms with Crippen LogP contribution in [0.5, 0.6) is 5.75 Å². The summed E-state index contributed by atoms with van der Waals surface area (Å²) in [5, 5.41) is 12.0. The lowest BCUT2D eigenvalue weighted by molar-refractivity contribution is 0.414. The number of thiophene rings is 1. The van der Waals surface area contributed by atoms with Crippen molar-refractivity contribution in [3.05, 3.63) is 89.5 Å². The largest absolute Gasteiger partial charge is 0.497 e. The molecule has 0 aliphatic carbocycles. The molecule has 0 aliphatic heterocycles. The third-order valence-corrected chi connectivity index (χ3v) is 6.58. The highest BCUT2D eigenvalue weighted by Crippen LogP contribution is 2.27. The van der Waals surface area contributed by atoms with Gasteiger partial charge in [0.25, 0.3) is 0 Å². The summed E-state index contributed by atoms with van der Waals surface area (Å²) >= 11 is 1.63. The van der Waals surface area contributed by atoms with E-state index >= 15 is 0 Å². The van der Waals surface area contributed by atoms with Gasteiger partial charge in [-0.3, -0.25) is 9.55 Å². The molecule has 0 atom stereocenters. The van der Waals surface area contributed by atoms with Crippen molar-refractivity contribution in [1.29, 1.82) is 0 Å². The second-order valence-corrected chi connectivity index (χ2v) is 9.00. The van der Waals surface area contributed by atoms with Crippen LogP contribution in [-0.4, -0.2) is 38.2 Å². The number of aromatic nitrogens is 5. The summed E-state index contributed by atoms with van der Waals surface area (Å²) in [5.74, 6) is 2.03. The van der Waals surface area contributed by atoms with Gasteiger partial charge < -0.3 is 15.4 Å². The summed E-state index contributed by atoms with van der Waals surface area (Å²) in [5.41, 5.74) is 5.52. The van der Waals surface area contributed by atoms with E-state index in [1.54, 1.807) is 31.0 Å². The number of ether oxygens (including phenoxy) is 1. The lowest BCUT2D eigenvalue weighted by Crippen LogP contribution is -2.09. The van der Waals surface area contributed by atoms with E-state index in [2.05, 4.69) is 38.1 Å². The maximum Gasteiger partial charge on any atom is 0.231 e. The van der Waals surface area contributed by atoms with E-state index in [4.69, 9.17) is 14.7 Å². The third-order valence-electron chi connectivity index (χ3n) is 5.90. The molecule has 0 spiro atoms. The Balaban J connectivity index is 1.32. The zero-order valence-corrected chi connectivity index (χ0v) is 20.4. The topological polar surface area (TPSA) is 89.8 Å². The molecule has 0 bridgehead atoms. The molecule has 2 aromatic carbocycles. The van der Waals surface area contributed by atoms with Gasteiger partial charge in [-0.1, -0.05) is 18.2 Å². The van der Waals surface area contributed by atoms with E-state index in [-0.39, 0.29) is 0 Å². The van der Waals surface area contributed by atoms with Crippen molar-refractivity contribution >= 4 is 50.9 Å². The van der Waals surface area contributed by atoms with Gasteiger partial charge in [-0.2, -0.15) is 21.3 Å². The van der Waals surface area contributed by atoms with Gasteiger partial charge >= 0.3 is 0 Å². The van der Waals surface area contributed by atoms with E-state index < -0.39 is 0 Å². The van der Waals surface area contributed by atoms with Gasteiger partial charge in [0.2, 0.25) is 5.95 Å². The van der Waals surface area contributed by atoms with Crippen LogP contribution in [0.1, 0.15) is 5.56 Å². The van der Waals surface area contributed by atoms with Crippen molar-refractivity contribution in [2.45, 2.75) is 6.42 Å². The second kappa shape index (κ2) is 9.63. The van der Waals surface area contributed by atoms with E-state index in [1.165, 1.54) is 5.56 Å². The van der Waals surface area contributed by atoms with Crippen molar-refractivity contribution in [3.63, 3.8) is 0 Å². The molecule has 4 aromatic heterocycles. The normalized spacial score (nSPS) is 11.1. The number of nitrogens with one attached hydrogen (secondary N) is 2. The van der Waals surface area contributed by atoms with Crippen LogP contribution in [0, 0.1) is 0 Å². The molecule has 0 amide bonds. The third kappa shape index (κ3) is 4.44. The number of pyridine rings is 1. The first-order valence-electron chi connectivity index (χ1n) is 11.5. The van der Waals surface area contributed by atoms with Gasteiger partial charge in [0.1, 0.15) is 12.1 Å². The van der Waals surface area contributed by atoms with Gasteiger partial charge in [0.05, 0.1) is 18.3 Å². The molecule has 6 aromatic rings. The minimum Gasteiger partial charge on any atom is -0.497 e. The van der Waals surface area contributed by atoms with E-state index in [0.717, 1.165) is 45.6 Å². The fourth-order valence-electron chi connectivity index (χ4n) is 4.06. The average Bonchev–Trinajstić information content (AvgIpc) is 3.59. The van der Waals surface area contributed by atoms with Crippen LogP contribution in [0.15, 0.2) is 83.9 Å². The predicted octanol–water partition coefficient (Wildman–Crippen LogP) is 5.83. The molecule has 178 valence electrons. The Morgan fingerprint density at radius 3 is 2.75 bits per heavy atom. The zero-order valence-electron chi connectivity index (χ0n) is 19.5. The molecule has 8 nitrogen and oxygen atoms in total. The number of anilines is 3. The summed E-state index contributed by atoms with van der Waals surface area (Å²) in [6.45, 7) is 0.699. The summed E-state index contributed by atoms with van der Waals surface area (Å²) in [6.07, 6.45) is 4.42. The molecule has 6 rings (SSSR count). The summed E-state index contributed by atoms with van der Waals surface area (Å²) in [7, 11) is 1.67. The molecule has 0 radical (unpaired) electrons. The molecule has 0 saturated heterocycles. The lowest BCUT2D eigenvalue weighted by Gasteiger charge is -2.11. The highest BCUT2D eigenvalue weighted by molar-refractivity contribution is 7.08. The maximum atomic E-state index is 5.26. The Hall–Kier alpha value is -4.50. The SMILES string of the molecule is COc1ccc(CCNc2nc(Nc3ccc4ncccc4c3)nc3c2ncn3-c2ccsc2)cc1. The van der Waals surface area contributed by atoms with Crippen LogP contribution in [0.4, 0.5) is 17.5 Å². The molecule has 4 heterocycles. The van der Waals surface area contributed by atoms with E-state index in [9.17, 15) is 0 Å². The van der Waals surface area contributed by atoms with Gasteiger partial charge in [-0.05, 0) is 59.8 Å². The smallest absolute Gasteiger partial charge is 0.231 e. The number of rotatable bonds is 8. The second-order valence-electron chi connectivity index (χ2n) is 8.22. The first-order valence-corrected chi connectivity index (χ1v) is 12.5. The number of hydrogen-bond acceptors (Lipinski definition) is 8. The monoisotopic (exact) mass is 493 g/mol. The number of hydrogen-bond donors (Lipinski definition) is 2. The minimum atomic E-state index is 0.495. The number of fused-ring (bicyclic) bond motifs is 2. The molecule has 0 saturated carbocycles. The standard InChI is InChI=1S/C27H23N7OS/c1-35-22-7-4-18(5-8-22)10-13-29-25-24-26(34(17-30-24)21-11-14-36-16-21)33-27(32-25)31-20-6-9-23-19(15-20)3-2-12-28-23/h2-9,11-12,14-17H,10,13H2,1H3,(H2,29,31,32,33). The number of methoxy groups -OCH3 is 1. The summed E-state index contributed by atoms with van der Waals surface area (Å²) in [6, 6.07) is 20.1. The Labute approximate surface area is 211 Å². The average molecular weight is 494 g/mol.